The van der Waals surface area contributed by atoms with Crippen molar-refractivity contribution in [2.75, 3.05) is 18.1 Å². The van der Waals surface area contributed by atoms with Crippen LogP contribution in [0, 0.1) is 6.92 Å². The fraction of sp³-hybridized carbons (Fsp3) is 0.250. The summed E-state index contributed by atoms with van der Waals surface area (Å²) < 4.78 is 17.5. The van der Waals surface area contributed by atoms with Crippen LogP contribution in [0.4, 0.5) is 5.69 Å². The number of anilines is 1. The van der Waals surface area contributed by atoms with Crippen LogP contribution >= 0.6 is 0 Å². The molecule has 0 aliphatic heterocycles. The van der Waals surface area contributed by atoms with Gasteiger partial charge in [-0.2, -0.15) is 0 Å². The molecule has 0 aliphatic carbocycles. The molecule has 2 aromatic rings. The van der Waals surface area contributed by atoms with Crippen molar-refractivity contribution in [1.29, 1.82) is 0 Å². The Morgan fingerprint density at radius 2 is 1.95 bits per heavy atom. The molecule has 2 N–H and O–H groups in total. The Hall–Kier alpha value is -1.81. The van der Waals surface area contributed by atoms with E-state index in [0.29, 0.717) is 23.8 Å². The number of nitrogens with two attached hydrogens (primary N) is 1. The zero-order valence-corrected chi connectivity index (χ0v) is 12.4. The van der Waals surface area contributed by atoms with E-state index < -0.39 is 10.8 Å². The second-order valence-electron chi connectivity index (χ2n) is 4.70. The van der Waals surface area contributed by atoms with E-state index in [-0.39, 0.29) is 0 Å². The normalized spacial score (nSPS) is 12.1. The highest BCUT2D eigenvalue weighted by atomic mass is 32.2. The van der Waals surface area contributed by atoms with Gasteiger partial charge < -0.3 is 10.5 Å². The van der Waals surface area contributed by atoms with Gasteiger partial charge in [0.2, 0.25) is 0 Å². The maximum Gasteiger partial charge on any atom is 0.121 e. The topological polar surface area (TPSA) is 52.3 Å². The number of benzene rings is 2. The molecule has 0 heterocycles. The maximum absolute atomic E-state index is 12.0. The molecule has 2 rings (SSSR count). The predicted molar refractivity (Wildman–Crippen MR) is 84.2 cm³/mol. The van der Waals surface area contributed by atoms with Gasteiger partial charge in [0.15, 0.2) is 0 Å². The molecule has 1 unspecified atom stereocenters. The summed E-state index contributed by atoms with van der Waals surface area (Å²) in [7, 11) is -0.915. The molecule has 0 spiro atoms. The molecule has 0 radical (unpaired) electrons. The Morgan fingerprint density at radius 1 is 1.15 bits per heavy atom. The van der Waals surface area contributed by atoms with Crippen LogP contribution in [0.2, 0.25) is 0 Å². The first-order valence-electron chi connectivity index (χ1n) is 6.52. The van der Waals surface area contributed by atoms with Gasteiger partial charge in [-0.05, 0) is 24.6 Å². The molecule has 0 fully saturated rings. The zero-order valence-electron chi connectivity index (χ0n) is 11.5. The largest absolute Gasteiger partial charge is 0.493 e. The van der Waals surface area contributed by atoms with E-state index in [1.807, 2.05) is 43.3 Å². The zero-order chi connectivity index (χ0) is 14.4. The minimum Gasteiger partial charge on any atom is -0.493 e. The van der Waals surface area contributed by atoms with Gasteiger partial charge in [-0.15, -0.1) is 0 Å². The summed E-state index contributed by atoms with van der Waals surface area (Å²) in [5.74, 6) is 1.81. The molecule has 2 aromatic carbocycles. The second-order valence-corrected chi connectivity index (χ2v) is 6.27. The number of nitrogen functional groups attached to an aromatic ring is 1. The van der Waals surface area contributed by atoms with Crippen LogP contribution in [0.1, 0.15) is 11.1 Å². The van der Waals surface area contributed by atoms with Gasteiger partial charge in [0.1, 0.15) is 5.75 Å². The number of ether oxygens (including phenoxy) is 1. The third-order valence-corrected chi connectivity index (χ3v) is 4.13. The van der Waals surface area contributed by atoms with Crippen LogP contribution in [0.3, 0.4) is 0 Å². The van der Waals surface area contributed by atoms with E-state index in [1.165, 1.54) is 5.56 Å². The van der Waals surface area contributed by atoms with Gasteiger partial charge in [-0.3, -0.25) is 4.21 Å². The summed E-state index contributed by atoms with van der Waals surface area (Å²) in [6, 6.07) is 15.4. The average molecular weight is 289 g/mol. The maximum atomic E-state index is 12.0. The van der Waals surface area contributed by atoms with Gasteiger partial charge in [-0.1, -0.05) is 35.9 Å². The lowest BCUT2D eigenvalue weighted by Gasteiger charge is -2.07. The molecule has 0 amide bonds. The van der Waals surface area contributed by atoms with Crippen LogP contribution < -0.4 is 10.5 Å². The number of hydrogen-bond donors (Lipinski definition) is 1. The first-order chi connectivity index (χ1) is 9.63. The van der Waals surface area contributed by atoms with Crippen molar-refractivity contribution >= 4 is 16.5 Å². The van der Waals surface area contributed by atoms with Crippen LogP contribution in [0.15, 0.2) is 48.5 Å². The Morgan fingerprint density at radius 3 is 2.70 bits per heavy atom. The van der Waals surface area contributed by atoms with E-state index in [4.69, 9.17) is 10.5 Å². The van der Waals surface area contributed by atoms with Crippen molar-refractivity contribution in [2.24, 2.45) is 0 Å². The molecule has 0 saturated carbocycles. The first-order valence-corrected chi connectivity index (χ1v) is 8.01. The van der Waals surface area contributed by atoms with Crippen molar-refractivity contribution in [3.8, 4) is 5.75 Å². The summed E-state index contributed by atoms with van der Waals surface area (Å²) in [5, 5.41) is 0. The molecule has 1 atom stereocenters. The fourth-order valence-electron chi connectivity index (χ4n) is 1.92. The molecular formula is C16H19NO2S. The first kappa shape index (κ1) is 14.6. The highest BCUT2D eigenvalue weighted by molar-refractivity contribution is 7.84. The number of rotatable bonds is 6. The summed E-state index contributed by atoms with van der Waals surface area (Å²) in [6.45, 7) is 2.47. The van der Waals surface area contributed by atoms with Crippen LogP contribution in [-0.2, 0) is 16.6 Å². The third kappa shape index (κ3) is 4.70. The SMILES string of the molecule is Cc1cccc(CS(=O)CCOc2cccc(N)c2)c1. The summed E-state index contributed by atoms with van der Waals surface area (Å²) in [4.78, 5) is 0. The number of hydrogen-bond acceptors (Lipinski definition) is 3. The Balaban J connectivity index is 1.78. The van der Waals surface area contributed by atoms with Gasteiger partial charge in [0.25, 0.3) is 0 Å². The minimum absolute atomic E-state index is 0.432. The van der Waals surface area contributed by atoms with Crippen LogP contribution in [0.5, 0.6) is 5.75 Å². The summed E-state index contributed by atoms with van der Waals surface area (Å²) in [6.07, 6.45) is 0. The third-order valence-electron chi connectivity index (χ3n) is 2.85. The molecule has 0 aliphatic rings. The van der Waals surface area contributed by atoms with E-state index in [9.17, 15) is 4.21 Å². The van der Waals surface area contributed by atoms with Crippen LogP contribution in [0.25, 0.3) is 0 Å². The molecule has 0 aromatic heterocycles. The van der Waals surface area contributed by atoms with E-state index in [2.05, 4.69) is 6.07 Å². The lowest BCUT2D eigenvalue weighted by Crippen LogP contribution is -2.10. The van der Waals surface area contributed by atoms with Gasteiger partial charge in [-0.25, -0.2) is 0 Å². The van der Waals surface area contributed by atoms with Gasteiger partial charge >= 0.3 is 0 Å². The molecule has 106 valence electrons. The Bertz CT molecular complexity index is 599. The lowest BCUT2D eigenvalue weighted by molar-refractivity contribution is 0.343. The quantitative estimate of drug-likeness (QED) is 0.832. The molecule has 20 heavy (non-hydrogen) atoms. The predicted octanol–water partition coefficient (Wildman–Crippen LogP) is 2.90. The monoisotopic (exact) mass is 289 g/mol. The Labute approximate surface area is 122 Å². The van der Waals surface area contributed by atoms with Crippen LogP contribution in [-0.4, -0.2) is 16.6 Å². The molecular weight excluding hydrogens is 270 g/mol. The lowest BCUT2D eigenvalue weighted by atomic mass is 10.2. The second kappa shape index (κ2) is 7.10. The van der Waals surface area contributed by atoms with Gasteiger partial charge in [0.05, 0.1) is 12.4 Å². The Kier molecular flexibility index (Phi) is 5.18. The van der Waals surface area contributed by atoms with E-state index in [0.717, 1.165) is 11.3 Å². The van der Waals surface area contributed by atoms with Gasteiger partial charge in [0, 0.05) is 28.3 Å². The van der Waals surface area contributed by atoms with E-state index >= 15 is 0 Å². The number of aryl methyl sites for hydroxylation is 1. The molecule has 4 heteroatoms. The summed E-state index contributed by atoms with van der Waals surface area (Å²) >= 11 is 0. The van der Waals surface area contributed by atoms with Crippen molar-refractivity contribution in [3.63, 3.8) is 0 Å². The molecule has 0 bridgehead atoms. The van der Waals surface area contributed by atoms with Crippen molar-refractivity contribution < 1.29 is 8.95 Å². The molecule has 3 nitrogen and oxygen atoms in total. The fourth-order valence-corrected chi connectivity index (χ4v) is 2.88. The molecule has 0 saturated heterocycles. The van der Waals surface area contributed by atoms with E-state index in [1.54, 1.807) is 6.07 Å². The highest BCUT2D eigenvalue weighted by Gasteiger charge is 2.03. The standard InChI is InChI=1S/C16H19NO2S/c1-13-4-2-5-14(10-13)12-20(18)9-8-19-16-7-3-6-15(17)11-16/h2-7,10-11H,8-9,12,17H2,1H3. The van der Waals surface area contributed by atoms with Crippen molar-refractivity contribution in [2.45, 2.75) is 12.7 Å². The average Bonchev–Trinajstić information content (AvgIpc) is 2.38. The smallest absolute Gasteiger partial charge is 0.121 e. The summed E-state index contributed by atoms with van der Waals surface area (Å²) in [5.41, 5.74) is 8.63. The van der Waals surface area contributed by atoms with Crippen molar-refractivity contribution in [3.05, 3.63) is 59.7 Å². The highest BCUT2D eigenvalue weighted by Crippen LogP contribution is 2.14. The van der Waals surface area contributed by atoms with Crippen molar-refractivity contribution in [1.82, 2.24) is 0 Å². The minimum atomic E-state index is -0.915.